The Bertz CT molecular complexity index is 1350. The van der Waals surface area contributed by atoms with Gasteiger partial charge in [-0.05, 0) is 61.5 Å². The number of alkyl halides is 2. The molecular weight excluding hydrogens is 573 g/mol. The fourth-order valence-corrected chi connectivity index (χ4v) is 6.63. The van der Waals surface area contributed by atoms with Gasteiger partial charge in [-0.2, -0.15) is 8.78 Å². The van der Waals surface area contributed by atoms with E-state index in [1.54, 1.807) is 24.3 Å². The third kappa shape index (κ3) is 6.17. The fraction of sp³-hybridized carbons (Fsp3) is 0.367. The summed E-state index contributed by atoms with van der Waals surface area (Å²) < 4.78 is 42.3. The van der Waals surface area contributed by atoms with Gasteiger partial charge in [0, 0.05) is 15.6 Å². The van der Waals surface area contributed by atoms with E-state index in [1.165, 1.54) is 6.07 Å². The van der Waals surface area contributed by atoms with Gasteiger partial charge in [-0.15, -0.1) is 0 Å². The molecule has 1 atom stereocenters. The van der Waals surface area contributed by atoms with Crippen molar-refractivity contribution in [2.45, 2.75) is 70.4 Å². The van der Waals surface area contributed by atoms with E-state index in [-0.39, 0.29) is 16.7 Å². The minimum atomic E-state index is -5.83. The SMILES string of the molecule is CC(C)(C)c1cc(C(F)(F)P(=O)(O)O)c(Br)c(C(C)(C)C)c1CC(C(=O)c1ccccc1)c1ccccc1. The van der Waals surface area contributed by atoms with E-state index in [0.717, 1.165) is 5.56 Å². The fourth-order valence-electron chi connectivity index (χ4n) is 4.79. The Morgan fingerprint density at radius 1 is 0.868 bits per heavy atom. The molecule has 1 unspecified atom stereocenters. The predicted molar refractivity (Wildman–Crippen MR) is 151 cm³/mol. The molecule has 0 spiro atoms. The summed E-state index contributed by atoms with van der Waals surface area (Å²) in [6.07, 6.45) is 0.220. The summed E-state index contributed by atoms with van der Waals surface area (Å²) in [7, 11) is -5.83. The Kier molecular flexibility index (Phi) is 8.60. The predicted octanol–water partition coefficient (Wildman–Crippen LogP) is 8.48. The number of ketones is 1. The topological polar surface area (TPSA) is 74.6 Å². The van der Waals surface area contributed by atoms with Crippen molar-refractivity contribution < 1.29 is 27.9 Å². The molecule has 0 aromatic heterocycles. The molecule has 0 radical (unpaired) electrons. The van der Waals surface area contributed by atoms with Crippen molar-refractivity contribution in [1.82, 2.24) is 0 Å². The maximum atomic E-state index is 15.2. The van der Waals surface area contributed by atoms with Gasteiger partial charge in [0.2, 0.25) is 0 Å². The monoisotopic (exact) mass is 606 g/mol. The van der Waals surface area contributed by atoms with Gasteiger partial charge in [-0.25, -0.2) is 0 Å². The van der Waals surface area contributed by atoms with Crippen LogP contribution in [0.15, 0.2) is 71.2 Å². The molecule has 204 valence electrons. The molecule has 0 heterocycles. The summed E-state index contributed by atoms with van der Waals surface area (Å²) in [5.74, 6) is -0.710. The van der Waals surface area contributed by atoms with Gasteiger partial charge in [0.05, 0.1) is 5.92 Å². The summed E-state index contributed by atoms with van der Waals surface area (Å²) in [4.78, 5) is 33.0. The van der Waals surface area contributed by atoms with Crippen LogP contribution in [-0.2, 0) is 27.5 Å². The van der Waals surface area contributed by atoms with Crippen LogP contribution in [0.2, 0.25) is 0 Å². The molecule has 0 saturated heterocycles. The molecule has 0 aliphatic carbocycles. The van der Waals surface area contributed by atoms with Gasteiger partial charge in [-0.1, -0.05) is 102 Å². The summed E-state index contributed by atoms with van der Waals surface area (Å²) in [5.41, 5.74) is -3.48. The zero-order valence-corrected chi connectivity index (χ0v) is 24.9. The van der Waals surface area contributed by atoms with Gasteiger partial charge in [0.15, 0.2) is 5.78 Å². The van der Waals surface area contributed by atoms with E-state index in [4.69, 9.17) is 0 Å². The number of carbonyl (C=O) groups is 1. The number of carbonyl (C=O) groups excluding carboxylic acids is 1. The van der Waals surface area contributed by atoms with E-state index >= 15 is 8.78 Å². The molecule has 2 N–H and O–H groups in total. The van der Waals surface area contributed by atoms with Crippen LogP contribution in [0.5, 0.6) is 0 Å². The van der Waals surface area contributed by atoms with Crippen molar-refractivity contribution in [2.24, 2.45) is 0 Å². The number of rotatable bonds is 7. The van der Waals surface area contributed by atoms with Crippen LogP contribution in [0.1, 0.15) is 85.6 Å². The minimum absolute atomic E-state index is 0.0553. The van der Waals surface area contributed by atoms with Crippen LogP contribution in [0, 0.1) is 0 Å². The third-order valence-electron chi connectivity index (χ3n) is 6.60. The Hall–Kier alpha value is -2.18. The van der Waals surface area contributed by atoms with Gasteiger partial charge in [0.1, 0.15) is 0 Å². The van der Waals surface area contributed by atoms with Crippen LogP contribution in [0.3, 0.4) is 0 Å². The molecule has 0 saturated carbocycles. The smallest absolute Gasteiger partial charge is 0.320 e. The molecule has 0 aliphatic heterocycles. The quantitative estimate of drug-likeness (QED) is 0.209. The maximum absolute atomic E-state index is 15.2. The first kappa shape index (κ1) is 30.4. The molecule has 0 aliphatic rings. The molecule has 0 amide bonds. The number of benzene rings is 3. The zero-order chi connectivity index (χ0) is 28.7. The molecule has 0 fully saturated rings. The highest BCUT2D eigenvalue weighted by Crippen LogP contribution is 2.62. The highest BCUT2D eigenvalue weighted by atomic mass is 79.9. The van der Waals surface area contributed by atoms with Crippen LogP contribution in [0.25, 0.3) is 0 Å². The summed E-state index contributed by atoms with van der Waals surface area (Å²) >= 11 is 3.32. The van der Waals surface area contributed by atoms with Crippen molar-refractivity contribution >= 4 is 29.3 Å². The Labute approximate surface area is 231 Å². The van der Waals surface area contributed by atoms with Gasteiger partial charge >= 0.3 is 13.3 Å². The number of Topliss-reactive ketones (excluding diaryl/α,β-unsaturated/α-hetero) is 1. The van der Waals surface area contributed by atoms with E-state index in [0.29, 0.717) is 22.3 Å². The highest BCUT2D eigenvalue weighted by molar-refractivity contribution is 9.10. The first-order valence-electron chi connectivity index (χ1n) is 12.3. The van der Waals surface area contributed by atoms with Gasteiger partial charge in [-0.3, -0.25) is 9.36 Å². The number of hydrogen-bond donors (Lipinski definition) is 2. The van der Waals surface area contributed by atoms with E-state index in [2.05, 4.69) is 15.9 Å². The van der Waals surface area contributed by atoms with E-state index in [1.807, 2.05) is 77.9 Å². The average molecular weight is 607 g/mol. The van der Waals surface area contributed by atoms with Crippen LogP contribution >= 0.6 is 23.5 Å². The Morgan fingerprint density at radius 3 is 1.82 bits per heavy atom. The van der Waals surface area contributed by atoms with Crippen LogP contribution in [-0.4, -0.2) is 15.6 Å². The molecule has 8 heteroatoms. The standard InChI is InChI=1S/C30H34BrF2O4P/c1-28(2,3)23-18-24(30(32,33)38(35,36)37)26(31)25(29(4,5)6)22(23)17-21(19-13-9-7-10-14-19)27(34)20-15-11-8-12-16-20/h7-16,18,21H,17H2,1-6H3,(H2,35,36,37). The lowest BCUT2D eigenvalue weighted by molar-refractivity contribution is 0.0554. The second kappa shape index (κ2) is 10.8. The highest BCUT2D eigenvalue weighted by Gasteiger charge is 2.53. The van der Waals surface area contributed by atoms with E-state index in [9.17, 15) is 19.1 Å². The maximum Gasteiger partial charge on any atom is 0.399 e. The van der Waals surface area contributed by atoms with Crippen molar-refractivity contribution in [1.29, 1.82) is 0 Å². The Morgan fingerprint density at radius 2 is 1.37 bits per heavy atom. The molecule has 38 heavy (non-hydrogen) atoms. The molecular formula is C30H34BrF2O4P. The minimum Gasteiger partial charge on any atom is -0.320 e. The molecule has 4 nitrogen and oxygen atoms in total. The Balaban J connectivity index is 2.39. The largest absolute Gasteiger partial charge is 0.399 e. The second-order valence-electron chi connectivity index (χ2n) is 11.6. The number of halogens is 3. The lowest BCUT2D eigenvalue weighted by Gasteiger charge is -2.35. The third-order valence-corrected chi connectivity index (χ3v) is 8.40. The van der Waals surface area contributed by atoms with E-state index < -0.39 is 35.6 Å². The van der Waals surface area contributed by atoms with Gasteiger partial charge in [0.25, 0.3) is 0 Å². The summed E-state index contributed by atoms with van der Waals surface area (Å²) in [6, 6.07) is 19.5. The lowest BCUT2D eigenvalue weighted by atomic mass is 9.72. The zero-order valence-electron chi connectivity index (χ0n) is 22.4. The normalized spacial score (nSPS) is 13.9. The van der Waals surface area contributed by atoms with Crippen molar-refractivity contribution in [2.75, 3.05) is 0 Å². The van der Waals surface area contributed by atoms with Crippen molar-refractivity contribution in [3.05, 3.63) is 105 Å². The van der Waals surface area contributed by atoms with Gasteiger partial charge < -0.3 is 9.79 Å². The van der Waals surface area contributed by atoms with Crippen molar-refractivity contribution in [3.63, 3.8) is 0 Å². The lowest BCUT2D eigenvalue weighted by Crippen LogP contribution is -2.28. The summed E-state index contributed by atoms with van der Waals surface area (Å²) in [5, 5.41) is 0. The second-order valence-corrected chi connectivity index (χ2v) is 14.1. The molecule has 3 aromatic carbocycles. The van der Waals surface area contributed by atoms with Crippen molar-refractivity contribution in [3.8, 4) is 0 Å². The number of hydrogen-bond acceptors (Lipinski definition) is 2. The molecule has 0 bridgehead atoms. The first-order chi connectivity index (χ1) is 17.4. The molecule has 3 rings (SSSR count). The molecule has 3 aromatic rings. The van der Waals surface area contributed by atoms with Crippen LogP contribution in [0.4, 0.5) is 8.78 Å². The van der Waals surface area contributed by atoms with Crippen LogP contribution < -0.4 is 0 Å². The first-order valence-corrected chi connectivity index (χ1v) is 14.7. The average Bonchev–Trinajstić information content (AvgIpc) is 2.80. The summed E-state index contributed by atoms with van der Waals surface area (Å²) in [6.45, 7) is 11.2.